The minimum atomic E-state index is -0.273. The summed E-state index contributed by atoms with van der Waals surface area (Å²) >= 11 is 5.51. The SMILES string of the molecule is CC(N)(c1ccc(Br)cc1)C1CCOC2(CCSC2)C1. The molecule has 0 radical (unpaired) electrons. The van der Waals surface area contributed by atoms with Crippen molar-refractivity contribution in [1.29, 1.82) is 0 Å². The summed E-state index contributed by atoms with van der Waals surface area (Å²) < 4.78 is 7.23. The Morgan fingerprint density at radius 2 is 2.15 bits per heavy atom. The number of nitrogens with two attached hydrogens (primary N) is 1. The third kappa shape index (κ3) is 2.80. The fraction of sp³-hybridized carbons (Fsp3) is 0.625. The summed E-state index contributed by atoms with van der Waals surface area (Å²) in [5, 5.41) is 0. The van der Waals surface area contributed by atoms with Gasteiger partial charge in [-0.05, 0) is 55.6 Å². The van der Waals surface area contributed by atoms with Crippen LogP contribution in [0.4, 0.5) is 0 Å². The van der Waals surface area contributed by atoms with Crippen LogP contribution in [-0.4, -0.2) is 23.7 Å². The molecule has 1 aromatic rings. The Balaban J connectivity index is 1.81. The van der Waals surface area contributed by atoms with E-state index < -0.39 is 0 Å². The van der Waals surface area contributed by atoms with Gasteiger partial charge in [0.25, 0.3) is 0 Å². The van der Waals surface area contributed by atoms with E-state index in [0.29, 0.717) is 5.92 Å². The van der Waals surface area contributed by atoms with E-state index in [1.165, 1.54) is 17.7 Å². The number of rotatable bonds is 2. The minimum Gasteiger partial charge on any atom is -0.374 e. The molecule has 2 saturated heterocycles. The van der Waals surface area contributed by atoms with Crippen LogP contribution in [0.5, 0.6) is 0 Å². The van der Waals surface area contributed by atoms with E-state index >= 15 is 0 Å². The number of ether oxygens (including phenoxy) is 1. The zero-order chi connectivity index (χ0) is 14.2. The van der Waals surface area contributed by atoms with E-state index in [9.17, 15) is 0 Å². The summed E-state index contributed by atoms with van der Waals surface area (Å²) in [6.07, 6.45) is 3.35. The molecule has 0 aromatic heterocycles. The van der Waals surface area contributed by atoms with Crippen LogP contribution in [0.15, 0.2) is 28.7 Å². The molecule has 1 aromatic carbocycles. The lowest BCUT2D eigenvalue weighted by atomic mass is 9.72. The zero-order valence-corrected chi connectivity index (χ0v) is 14.3. The van der Waals surface area contributed by atoms with Crippen LogP contribution in [0.1, 0.15) is 31.7 Å². The largest absolute Gasteiger partial charge is 0.374 e. The van der Waals surface area contributed by atoms with E-state index in [-0.39, 0.29) is 11.1 Å². The molecule has 110 valence electrons. The predicted octanol–water partition coefficient (Wildman–Crippen LogP) is 3.93. The van der Waals surface area contributed by atoms with E-state index in [1.807, 2.05) is 11.8 Å². The smallest absolute Gasteiger partial charge is 0.0783 e. The molecule has 0 aliphatic carbocycles. The van der Waals surface area contributed by atoms with Gasteiger partial charge in [0.05, 0.1) is 5.60 Å². The van der Waals surface area contributed by atoms with Crippen LogP contribution in [0.2, 0.25) is 0 Å². The zero-order valence-electron chi connectivity index (χ0n) is 11.9. The average molecular weight is 356 g/mol. The molecule has 2 aliphatic rings. The Kier molecular flexibility index (Phi) is 4.20. The fourth-order valence-electron chi connectivity index (χ4n) is 3.45. The van der Waals surface area contributed by atoms with Gasteiger partial charge in [0.1, 0.15) is 0 Å². The average Bonchev–Trinajstić information content (AvgIpc) is 2.87. The first-order valence-electron chi connectivity index (χ1n) is 7.29. The summed E-state index contributed by atoms with van der Waals surface area (Å²) in [5.74, 6) is 2.86. The highest BCUT2D eigenvalue weighted by Crippen LogP contribution is 2.45. The van der Waals surface area contributed by atoms with Gasteiger partial charge in [0.2, 0.25) is 0 Å². The molecule has 2 N–H and O–H groups in total. The lowest BCUT2D eigenvalue weighted by Crippen LogP contribution is -2.50. The van der Waals surface area contributed by atoms with Crippen LogP contribution in [0.25, 0.3) is 0 Å². The van der Waals surface area contributed by atoms with Crippen molar-refractivity contribution in [1.82, 2.24) is 0 Å². The lowest BCUT2D eigenvalue weighted by molar-refractivity contribution is -0.0917. The summed E-state index contributed by atoms with van der Waals surface area (Å²) in [7, 11) is 0. The van der Waals surface area contributed by atoms with Gasteiger partial charge in [0.15, 0.2) is 0 Å². The summed E-state index contributed by atoms with van der Waals surface area (Å²) in [6, 6.07) is 8.47. The molecule has 3 atom stereocenters. The molecule has 0 saturated carbocycles. The van der Waals surface area contributed by atoms with Crippen molar-refractivity contribution >= 4 is 27.7 Å². The highest BCUT2D eigenvalue weighted by Gasteiger charge is 2.45. The van der Waals surface area contributed by atoms with Crippen LogP contribution in [0.3, 0.4) is 0 Å². The Labute approximate surface area is 134 Å². The van der Waals surface area contributed by atoms with Crippen LogP contribution in [-0.2, 0) is 10.3 Å². The second-order valence-corrected chi connectivity index (χ2v) is 8.33. The molecule has 20 heavy (non-hydrogen) atoms. The monoisotopic (exact) mass is 355 g/mol. The van der Waals surface area contributed by atoms with Gasteiger partial charge in [0, 0.05) is 22.4 Å². The molecule has 2 fully saturated rings. The molecule has 3 unspecified atom stereocenters. The third-order valence-electron chi connectivity index (χ3n) is 4.87. The highest BCUT2D eigenvalue weighted by atomic mass is 79.9. The van der Waals surface area contributed by atoms with E-state index in [0.717, 1.165) is 29.7 Å². The fourth-order valence-corrected chi connectivity index (χ4v) is 5.09. The molecule has 2 heterocycles. The number of benzene rings is 1. The van der Waals surface area contributed by atoms with Gasteiger partial charge in [-0.15, -0.1) is 0 Å². The van der Waals surface area contributed by atoms with Crippen molar-refractivity contribution in [2.45, 2.75) is 37.3 Å². The van der Waals surface area contributed by atoms with E-state index in [4.69, 9.17) is 10.5 Å². The number of hydrogen-bond acceptors (Lipinski definition) is 3. The quantitative estimate of drug-likeness (QED) is 0.872. The third-order valence-corrected chi connectivity index (χ3v) is 6.63. The Bertz CT molecular complexity index is 468. The molecule has 2 nitrogen and oxygen atoms in total. The predicted molar refractivity (Wildman–Crippen MR) is 89.0 cm³/mol. The summed E-state index contributed by atoms with van der Waals surface area (Å²) in [4.78, 5) is 0. The van der Waals surface area contributed by atoms with Gasteiger partial charge >= 0.3 is 0 Å². The van der Waals surface area contributed by atoms with Crippen LogP contribution < -0.4 is 5.73 Å². The van der Waals surface area contributed by atoms with Crippen molar-refractivity contribution < 1.29 is 4.74 Å². The standard InChI is InChI=1S/C16H22BrNOS/c1-15(18,12-2-4-14(17)5-3-12)13-6-8-19-16(10-13)7-9-20-11-16/h2-5,13H,6-11,18H2,1H3. The van der Waals surface area contributed by atoms with Crippen molar-refractivity contribution in [2.75, 3.05) is 18.1 Å². The van der Waals surface area contributed by atoms with Crippen molar-refractivity contribution in [3.63, 3.8) is 0 Å². The number of hydrogen-bond donors (Lipinski definition) is 1. The topological polar surface area (TPSA) is 35.2 Å². The first kappa shape index (κ1) is 14.9. The number of halogens is 1. The molecule has 4 heteroatoms. The summed E-state index contributed by atoms with van der Waals surface area (Å²) in [6.45, 7) is 3.04. The molecule has 2 aliphatic heterocycles. The normalized spacial score (nSPS) is 33.2. The maximum Gasteiger partial charge on any atom is 0.0783 e. The lowest BCUT2D eigenvalue weighted by Gasteiger charge is -2.44. The van der Waals surface area contributed by atoms with Crippen LogP contribution in [0, 0.1) is 5.92 Å². The molecule has 0 amide bonds. The van der Waals surface area contributed by atoms with E-state index in [2.05, 4.69) is 47.1 Å². The molecular formula is C16H22BrNOS. The van der Waals surface area contributed by atoms with Gasteiger partial charge in [-0.3, -0.25) is 0 Å². The van der Waals surface area contributed by atoms with Gasteiger partial charge in [-0.25, -0.2) is 0 Å². The van der Waals surface area contributed by atoms with E-state index in [1.54, 1.807) is 0 Å². The first-order valence-corrected chi connectivity index (χ1v) is 9.23. The van der Waals surface area contributed by atoms with Crippen molar-refractivity contribution in [3.8, 4) is 0 Å². The number of thioether (sulfide) groups is 1. The van der Waals surface area contributed by atoms with Gasteiger partial charge < -0.3 is 10.5 Å². The maximum atomic E-state index is 6.74. The maximum absolute atomic E-state index is 6.74. The Hall–Kier alpha value is -0.0300. The second-order valence-electron chi connectivity index (χ2n) is 6.31. The van der Waals surface area contributed by atoms with Crippen molar-refractivity contribution in [3.05, 3.63) is 34.3 Å². The van der Waals surface area contributed by atoms with Crippen LogP contribution >= 0.6 is 27.7 Å². The second kappa shape index (κ2) is 5.64. The summed E-state index contributed by atoms with van der Waals surface area (Å²) in [5.41, 5.74) is 7.79. The van der Waals surface area contributed by atoms with Crippen molar-refractivity contribution in [2.24, 2.45) is 11.7 Å². The molecule has 0 bridgehead atoms. The molecular weight excluding hydrogens is 334 g/mol. The molecule has 3 rings (SSSR count). The molecule has 1 spiro atoms. The first-order chi connectivity index (χ1) is 9.52. The van der Waals surface area contributed by atoms with Gasteiger partial charge in [-0.2, -0.15) is 11.8 Å². The highest BCUT2D eigenvalue weighted by molar-refractivity contribution is 9.10. The Morgan fingerprint density at radius 3 is 2.80 bits per heavy atom. The van der Waals surface area contributed by atoms with Gasteiger partial charge in [-0.1, -0.05) is 28.1 Å². The Morgan fingerprint density at radius 1 is 1.40 bits per heavy atom. The minimum absolute atomic E-state index is 0.101.